The van der Waals surface area contributed by atoms with Gasteiger partial charge in [0.15, 0.2) is 6.10 Å². The zero-order valence-electron chi connectivity index (χ0n) is 42.4. The van der Waals surface area contributed by atoms with Crippen molar-refractivity contribution in [2.75, 3.05) is 13.2 Å². The van der Waals surface area contributed by atoms with Crippen LogP contribution < -0.4 is 0 Å². The fraction of sp³-hybridized carbons (Fsp3) is 0.877. The predicted octanol–water partition coefficient (Wildman–Crippen LogP) is 18.3. The van der Waals surface area contributed by atoms with Gasteiger partial charge in [0, 0.05) is 19.3 Å². The number of hydrogen-bond acceptors (Lipinski definition) is 6. The summed E-state index contributed by atoms with van der Waals surface area (Å²) in [6, 6.07) is 0. The number of hydrogen-bond donors (Lipinski definition) is 0. The monoisotopic (exact) mass is 887 g/mol. The molecule has 6 heteroatoms. The molecule has 0 aliphatic rings. The third kappa shape index (κ3) is 50.7. The molecule has 0 N–H and O–H groups in total. The molecule has 1 atom stereocenters. The minimum absolute atomic E-state index is 0.0725. The van der Waals surface area contributed by atoms with Crippen molar-refractivity contribution in [1.29, 1.82) is 0 Å². The molecule has 0 aromatic carbocycles. The van der Waals surface area contributed by atoms with E-state index in [1.165, 1.54) is 173 Å². The van der Waals surface area contributed by atoms with Crippen LogP contribution in [0.3, 0.4) is 0 Å². The first-order chi connectivity index (χ1) is 31.0. The molecule has 0 rings (SSSR count). The Kier molecular flexibility index (Phi) is 50.8. The summed E-state index contributed by atoms with van der Waals surface area (Å²) < 4.78 is 16.8. The molecule has 0 bridgehead atoms. The summed E-state index contributed by atoms with van der Waals surface area (Å²) in [5.41, 5.74) is 0. The molecule has 0 amide bonds. The second-order valence-electron chi connectivity index (χ2n) is 18.9. The van der Waals surface area contributed by atoms with Crippen LogP contribution in [-0.4, -0.2) is 37.2 Å². The maximum Gasteiger partial charge on any atom is 0.306 e. The van der Waals surface area contributed by atoms with E-state index >= 15 is 0 Å². The highest BCUT2D eigenvalue weighted by Crippen LogP contribution is 2.17. The van der Waals surface area contributed by atoms with Gasteiger partial charge in [-0.1, -0.05) is 263 Å². The number of esters is 3. The first-order valence-corrected chi connectivity index (χ1v) is 27.8. The van der Waals surface area contributed by atoms with E-state index in [1.54, 1.807) is 0 Å². The van der Waals surface area contributed by atoms with Crippen LogP contribution in [0.5, 0.6) is 0 Å². The van der Waals surface area contributed by atoms with Gasteiger partial charge in [0.05, 0.1) is 0 Å². The van der Waals surface area contributed by atoms with Gasteiger partial charge in [0.1, 0.15) is 13.2 Å². The van der Waals surface area contributed by atoms with Gasteiger partial charge in [0.25, 0.3) is 0 Å². The molecule has 0 aromatic rings. The lowest BCUT2D eigenvalue weighted by Crippen LogP contribution is -2.30. The molecule has 63 heavy (non-hydrogen) atoms. The molecule has 1 unspecified atom stereocenters. The number of carbonyl (C=O) groups is 3. The molecule has 0 aliphatic carbocycles. The molecule has 0 aromatic heterocycles. The van der Waals surface area contributed by atoms with E-state index in [2.05, 4.69) is 45.1 Å². The Bertz CT molecular complexity index is 1020. The van der Waals surface area contributed by atoms with Crippen molar-refractivity contribution in [3.8, 4) is 0 Å². The predicted molar refractivity (Wildman–Crippen MR) is 270 cm³/mol. The average Bonchev–Trinajstić information content (AvgIpc) is 3.28. The normalized spacial score (nSPS) is 12.1. The molecule has 0 aliphatic heterocycles. The van der Waals surface area contributed by atoms with E-state index in [0.717, 1.165) is 89.9 Å². The van der Waals surface area contributed by atoms with Crippen LogP contribution >= 0.6 is 0 Å². The van der Waals surface area contributed by atoms with Crippen LogP contribution in [-0.2, 0) is 28.6 Å². The van der Waals surface area contributed by atoms with Crippen LogP contribution in [0.2, 0.25) is 0 Å². The summed E-state index contributed by atoms with van der Waals surface area (Å²) in [5.74, 6) is -0.876. The summed E-state index contributed by atoms with van der Waals surface area (Å²) >= 11 is 0. The Balaban J connectivity index is 4.11. The number of unbranched alkanes of at least 4 members (excludes halogenated alkanes) is 36. The van der Waals surface area contributed by atoms with Gasteiger partial charge in [-0.15, -0.1) is 0 Å². The largest absolute Gasteiger partial charge is 0.462 e. The van der Waals surface area contributed by atoms with Gasteiger partial charge in [-0.25, -0.2) is 0 Å². The number of allylic oxidation sites excluding steroid dienone is 4. The van der Waals surface area contributed by atoms with Crippen LogP contribution in [0.4, 0.5) is 0 Å². The Labute approximate surface area is 392 Å². The number of carbonyl (C=O) groups excluding carboxylic acids is 3. The van der Waals surface area contributed by atoms with Crippen LogP contribution in [0.1, 0.15) is 303 Å². The lowest BCUT2D eigenvalue weighted by molar-refractivity contribution is -0.167. The standard InChI is InChI=1S/C57H106O6/c1-4-7-10-13-16-19-21-23-24-25-26-27-28-29-30-31-32-33-35-36-38-41-44-47-50-56(59)62-53-54(52-61-55(58)49-46-43-40-18-15-12-9-6-3)63-57(60)51-48-45-42-39-37-34-22-20-17-14-11-8-5-2/h11,14,20,22,54H,4-10,12-13,15-19,21,23-53H2,1-3H3/b14-11-,22-20-. The summed E-state index contributed by atoms with van der Waals surface area (Å²) in [5, 5.41) is 0. The Morgan fingerprint density at radius 2 is 0.603 bits per heavy atom. The van der Waals surface area contributed by atoms with E-state index in [-0.39, 0.29) is 31.1 Å². The molecule has 6 nitrogen and oxygen atoms in total. The quantitative estimate of drug-likeness (QED) is 0.0262. The van der Waals surface area contributed by atoms with Gasteiger partial charge < -0.3 is 14.2 Å². The van der Waals surface area contributed by atoms with E-state index in [0.29, 0.717) is 19.3 Å². The fourth-order valence-electron chi connectivity index (χ4n) is 8.25. The Hall–Kier alpha value is -2.11. The van der Waals surface area contributed by atoms with Crippen LogP contribution in [0.15, 0.2) is 24.3 Å². The van der Waals surface area contributed by atoms with E-state index in [4.69, 9.17) is 14.2 Å². The van der Waals surface area contributed by atoms with Gasteiger partial charge >= 0.3 is 17.9 Å². The highest BCUT2D eigenvalue weighted by molar-refractivity contribution is 5.71. The first kappa shape index (κ1) is 60.9. The minimum atomic E-state index is -0.771. The smallest absolute Gasteiger partial charge is 0.306 e. The van der Waals surface area contributed by atoms with Gasteiger partial charge in [0.2, 0.25) is 0 Å². The Morgan fingerprint density at radius 1 is 0.317 bits per heavy atom. The van der Waals surface area contributed by atoms with Crippen molar-refractivity contribution in [2.24, 2.45) is 0 Å². The molecule has 0 spiro atoms. The van der Waals surface area contributed by atoms with E-state index in [1.807, 2.05) is 0 Å². The molecule has 0 saturated heterocycles. The lowest BCUT2D eigenvalue weighted by Gasteiger charge is -2.18. The highest BCUT2D eigenvalue weighted by atomic mass is 16.6. The molecular formula is C57H106O6. The third-order valence-electron chi connectivity index (χ3n) is 12.4. The summed E-state index contributed by atoms with van der Waals surface area (Å²) in [6.07, 6.45) is 60.5. The van der Waals surface area contributed by atoms with Crippen molar-refractivity contribution >= 4 is 17.9 Å². The minimum Gasteiger partial charge on any atom is -0.462 e. The topological polar surface area (TPSA) is 78.9 Å². The zero-order chi connectivity index (χ0) is 45.8. The summed E-state index contributed by atoms with van der Waals surface area (Å²) in [6.45, 7) is 6.57. The van der Waals surface area contributed by atoms with Gasteiger partial charge in [-0.3, -0.25) is 14.4 Å². The lowest BCUT2D eigenvalue weighted by atomic mass is 10.0. The molecule has 0 saturated carbocycles. The molecule has 0 heterocycles. The molecule has 0 radical (unpaired) electrons. The van der Waals surface area contributed by atoms with Crippen molar-refractivity contribution in [3.05, 3.63) is 24.3 Å². The maximum atomic E-state index is 12.8. The van der Waals surface area contributed by atoms with E-state index in [9.17, 15) is 14.4 Å². The van der Waals surface area contributed by atoms with Gasteiger partial charge in [-0.05, 0) is 44.9 Å². The second-order valence-corrected chi connectivity index (χ2v) is 18.9. The van der Waals surface area contributed by atoms with Crippen LogP contribution in [0, 0.1) is 0 Å². The second kappa shape index (κ2) is 52.5. The highest BCUT2D eigenvalue weighted by Gasteiger charge is 2.19. The van der Waals surface area contributed by atoms with Crippen molar-refractivity contribution in [2.45, 2.75) is 309 Å². The molecule has 0 fully saturated rings. The number of ether oxygens (including phenoxy) is 3. The average molecular weight is 887 g/mol. The first-order valence-electron chi connectivity index (χ1n) is 27.8. The van der Waals surface area contributed by atoms with Gasteiger partial charge in [-0.2, -0.15) is 0 Å². The van der Waals surface area contributed by atoms with Crippen molar-refractivity contribution in [3.63, 3.8) is 0 Å². The SMILES string of the molecule is CCC/C=C\C/C=C\CCCCCCCC(=O)OC(COC(=O)CCCCCCCCCC)COC(=O)CCCCCCCCCCCCCCCCCCCCCCCCCC. The van der Waals surface area contributed by atoms with Crippen LogP contribution in [0.25, 0.3) is 0 Å². The third-order valence-corrected chi connectivity index (χ3v) is 12.4. The molecular weight excluding hydrogens is 781 g/mol. The molecule has 370 valence electrons. The van der Waals surface area contributed by atoms with E-state index < -0.39 is 6.10 Å². The van der Waals surface area contributed by atoms with Crippen molar-refractivity contribution in [1.82, 2.24) is 0 Å². The Morgan fingerprint density at radius 3 is 0.937 bits per heavy atom. The summed E-state index contributed by atoms with van der Waals surface area (Å²) in [7, 11) is 0. The van der Waals surface area contributed by atoms with Crippen molar-refractivity contribution < 1.29 is 28.6 Å². The fourth-order valence-corrected chi connectivity index (χ4v) is 8.25. The summed E-state index contributed by atoms with van der Waals surface area (Å²) in [4.78, 5) is 37.9. The maximum absolute atomic E-state index is 12.8. The zero-order valence-corrected chi connectivity index (χ0v) is 42.4. The number of rotatable bonds is 51.